The standard InChI is InChI=1S/C8H14N2O4/c1-10-5-6(14-8(10)12)3-4-9-7(11)13-2/h6H,3-5H2,1-2H3,(H,9,11). The fourth-order valence-corrected chi connectivity index (χ4v) is 1.21. The van der Waals surface area contributed by atoms with Crippen molar-refractivity contribution < 1.29 is 19.1 Å². The van der Waals surface area contributed by atoms with Crippen LogP contribution in [0.25, 0.3) is 0 Å². The van der Waals surface area contributed by atoms with Gasteiger partial charge in [0.25, 0.3) is 0 Å². The van der Waals surface area contributed by atoms with Crippen LogP contribution in [0.4, 0.5) is 9.59 Å². The van der Waals surface area contributed by atoms with Crippen LogP contribution >= 0.6 is 0 Å². The Labute approximate surface area is 82.1 Å². The van der Waals surface area contributed by atoms with E-state index in [1.807, 2.05) is 0 Å². The van der Waals surface area contributed by atoms with Crippen LogP contribution in [-0.2, 0) is 9.47 Å². The average Bonchev–Trinajstić information content (AvgIpc) is 2.46. The van der Waals surface area contributed by atoms with Crippen molar-refractivity contribution in [3.8, 4) is 0 Å². The molecule has 0 spiro atoms. The Kier molecular flexibility index (Phi) is 3.55. The molecule has 0 aromatic carbocycles. The lowest BCUT2D eigenvalue weighted by molar-refractivity contribution is 0.129. The molecule has 0 aliphatic carbocycles. The van der Waals surface area contributed by atoms with Crippen LogP contribution in [0.3, 0.4) is 0 Å². The fourth-order valence-electron chi connectivity index (χ4n) is 1.21. The molecule has 1 aliphatic rings. The molecule has 1 unspecified atom stereocenters. The van der Waals surface area contributed by atoms with E-state index in [9.17, 15) is 9.59 Å². The maximum absolute atomic E-state index is 10.9. The molecule has 0 saturated carbocycles. The second kappa shape index (κ2) is 4.69. The quantitative estimate of drug-likeness (QED) is 0.709. The lowest BCUT2D eigenvalue weighted by Gasteiger charge is -2.07. The molecule has 1 aliphatic heterocycles. The van der Waals surface area contributed by atoms with Gasteiger partial charge in [-0.3, -0.25) is 0 Å². The summed E-state index contributed by atoms with van der Waals surface area (Å²) in [4.78, 5) is 23.1. The SMILES string of the molecule is COC(=O)NCCC1CN(C)C(=O)O1. The Morgan fingerprint density at radius 2 is 2.50 bits per heavy atom. The molecule has 0 aromatic rings. The zero-order valence-electron chi connectivity index (χ0n) is 8.28. The van der Waals surface area contributed by atoms with Crippen molar-refractivity contribution >= 4 is 12.2 Å². The Morgan fingerprint density at radius 3 is 3.00 bits per heavy atom. The van der Waals surface area contributed by atoms with E-state index in [0.717, 1.165) is 0 Å². The Balaban J connectivity index is 2.14. The molecule has 1 heterocycles. The molecule has 80 valence electrons. The van der Waals surface area contributed by atoms with Crippen LogP contribution in [0.2, 0.25) is 0 Å². The van der Waals surface area contributed by atoms with Crippen LogP contribution in [-0.4, -0.2) is 50.4 Å². The van der Waals surface area contributed by atoms with Crippen LogP contribution in [0.5, 0.6) is 0 Å². The van der Waals surface area contributed by atoms with Crippen molar-refractivity contribution in [1.29, 1.82) is 0 Å². The molecule has 1 fully saturated rings. The second-order valence-electron chi connectivity index (χ2n) is 3.09. The van der Waals surface area contributed by atoms with Gasteiger partial charge in [-0.25, -0.2) is 9.59 Å². The summed E-state index contributed by atoms with van der Waals surface area (Å²) >= 11 is 0. The Hall–Kier alpha value is -1.46. The van der Waals surface area contributed by atoms with E-state index in [4.69, 9.17) is 4.74 Å². The molecule has 0 bridgehead atoms. The largest absolute Gasteiger partial charge is 0.453 e. The van der Waals surface area contributed by atoms with Gasteiger partial charge in [-0.2, -0.15) is 0 Å². The van der Waals surface area contributed by atoms with Crippen molar-refractivity contribution in [2.75, 3.05) is 27.2 Å². The number of likely N-dealkylation sites (N-methyl/N-ethyl adjacent to an activating group) is 1. The molecule has 6 nitrogen and oxygen atoms in total. The number of nitrogens with one attached hydrogen (secondary N) is 1. The summed E-state index contributed by atoms with van der Waals surface area (Å²) in [5, 5.41) is 2.52. The van der Waals surface area contributed by atoms with Gasteiger partial charge in [-0.1, -0.05) is 0 Å². The number of nitrogens with zero attached hydrogens (tertiary/aromatic N) is 1. The average molecular weight is 202 g/mol. The van der Waals surface area contributed by atoms with Gasteiger partial charge in [-0.05, 0) is 0 Å². The highest BCUT2D eigenvalue weighted by molar-refractivity contribution is 5.69. The van der Waals surface area contributed by atoms with E-state index in [1.165, 1.54) is 12.0 Å². The van der Waals surface area contributed by atoms with Gasteiger partial charge in [0.05, 0.1) is 13.7 Å². The van der Waals surface area contributed by atoms with Crippen molar-refractivity contribution in [2.45, 2.75) is 12.5 Å². The van der Waals surface area contributed by atoms with E-state index in [-0.39, 0.29) is 12.2 Å². The van der Waals surface area contributed by atoms with Crippen molar-refractivity contribution in [2.24, 2.45) is 0 Å². The molecule has 1 rings (SSSR count). The summed E-state index contributed by atoms with van der Waals surface area (Å²) in [5.74, 6) is 0. The van der Waals surface area contributed by atoms with Crippen molar-refractivity contribution in [3.05, 3.63) is 0 Å². The molecular weight excluding hydrogens is 188 g/mol. The first-order valence-electron chi connectivity index (χ1n) is 4.37. The first-order chi connectivity index (χ1) is 6.63. The second-order valence-corrected chi connectivity index (χ2v) is 3.09. The minimum atomic E-state index is -0.470. The lowest BCUT2D eigenvalue weighted by atomic mass is 10.2. The van der Waals surface area contributed by atoms with E-state index in [2.05, 4.69) is 10.1 Å². The number of cyclic esters (lactones) is 1. The molecular formula is C8H14N2O4. The zero-order chi connectivity index (χ0) is 10.6. The minimum absolute atomic E-state index is 0.135. The predicted molar refractivity (Wildman–Crippen MR) is 47.9 cm³/mol. The highest BCUT2D eigenvalue weighted by Crippen LogP contribution is 2.10. The third kappa shape index (κ3) is 2.79. The van der Waals surface area contributed by atoms with Crippen molar-refractivity contribution in [1.82, 2.24) is 10.2 Å². The number of alkyl carbamates (subject to hydrolysis) is 1. The summed E-state index contributed by atoms with van der Waals surface area (Å²) in [6.07, 6.45) is -0.314. The van der Waals surface area contributed by atoms with Crippen LogP contribution < -0.4 is 5.32 Å². The van der Waals surface area contributed by atoms with Gasteiger partial charge >= 0.3 is 12.2 Å². The number of amides is 2. The number of carbonyl (C=O) groups is 2. The lowest BCUT2D eigenvalue weighted by Crippen LogP contribution is -2.28. The van der Waals surface area contributed by atoms with E-state index < -0.39 is 6.09 Å². The predicted octanol–water partition coefficient (Wildman–Crippen LogP) is 0.183. The third-order valence-electron chi connectivity index (χ3n) is 1.98. The number of ether oxygens (including phenoxy) is 2. The first-order valence-corrected chi connectivity index (χ1v) is 4.37. The summed E-state index contributed by atoms with van der Waals surface area (Å²) < 4.78 is 9.37. The van der Waals surface area contributed by atoms with Crippen LogP contribution in [0, 0.1) is 0 Å². The number of rotatable bonds is 3. The molecule has 6 heteroatoms. The van der Waals surface area contributed by atoms with Gasteiger partial charge < -0.3 is 19.7 Å². The summed E-state index contributed by atoms with van der Waals surface area (Å²) in [7, 11) is 2.98. The number of carbonyl (C=O) groups excluding carboxylic acids is 2. The molecule has 2 amide bonds. The highest BCUT2D eigenvalue weighted by Gasteiger charge is 2.27. The van der Waals surface area contributed by atoms with Gasteiger partial charge in [0, 0.05) is 20.0 Å². The molecule has 1 saturated heterocycles. The zero-order valence-corrected chi connectivity index (χ0v) is 8.28. The van der Waals surface area contributed by atoms with Gasteiger partial charge in [-0.15, -0.1) is 0 Å². The summed E-state index contributed by atoms with van der Waals surface area (Å²) in [5.41, 5.74) is 0. The molecule has 0 aromatic heterocycles. The molecule has 1 atom stereocenters. The smallest absolute Gasteiger partial charge is 0.409 e. The first kappa shape index (κ1) is 10.6. The summed E-state index contributed by atoms with van der Waals surface area (Å²) in [6.45, 7) is 1.01. The van der Waals surface area contributed by atoms with Gasteiger partial charge in [0.15, 0.2) is 0 Å². The van der Waals surface area contributed by atoms with E-state index in [0.29, 0.717) is 19.5 Å². The normalized spacial score (nSPS) is 20.6. The Bertz CT molecular complexity index is 231. The Morgan fingerprint density at radius 1 is 1.79 bits per heavy atom. The topological polar surface area (TPSA) is 67.9 Å². The fraction of sp³-hybridized carbons (Fsp3) is 0.750. The van der Waals surface area contributed by atoms with Gasteiger partial charge in [0.2, 0.25) is 0 Å². The number of hydrogen-bond acceptors (Lipinski definition) is 4. The molecule has 1 N–H and O–H groups in total. The molecule has 0 radical (unpaired) electrons. The highest BCUT2D eigenvalue weighted by atomic mass is 16.6. The van der Waals surface area contributed by atoms with Crippen molar-refractivity contribution in [3.63, 3.8) is 0 Å². The van der Waals surface area contributed by atoms with E-state index >= 15 is 0 Å². The van der Waals surface area contributed by atoms with E-state index in [1.54, 1.807) is 7.05 Å². The number of hydrogen-bond donors (Lipinski definition) is 1. The minimum Gasteiger partial charge on any atom is -0.453 e. The van der Waals surface area contributed by atoms with Crippen LogP contribution in [0.15, 0.2) is 0 Å². The molecule has 14 heavy (non-hydrogen) atoms. The third-order valence-corrected chi connectivity index (χ3v) is 1.98. The van der Waals surface area contributed by atoms with Gasteiger partial charge in [0.1, 0.15) is 6.10 Å². The van der Waals surface area contributed by atoms with Crippen LogP contribution in [0.1, 0.15) is 6.42 Å². The monoisotopic (exact) mass is 202 g/mol. The number of methoxy groups -OCH3 is 1. The summed E-state index contributed by atoms with van der Waals surface area (Å²) in [6, 6.07) is 0. The maximum Gasteiger partial charge on any atom is 0.409 e. The maximum atomic E-state index is 10.9.